The van der Waals surface area contributed by atoms with E-state index in [2.05, 4.69) is 56.2 Å². The maximum absolute atomic E-state index is 13.1. The van der Waals surface area contributed by atoms with Gasteiger partial charge in [-0.25, -0.2) is 4.79 Å². The maximum Gasteiger partial charge on any atom is 0.338 e. The Hall–Kier alpha value is -3.31. The number of esters is 1. The topological polar surface area (TPSA) is 63.8 Å². The van der Waals surface area contributed by atoms with E-state index in [1.807, 2.05) is 37.3 Å². The number of anilines is 1. The second kappa shape index (κ2) is 12.1. The molecule has 1 aliphatic heterocycles. The number of nitrogens with zero attached hydrogens (tertiary/aromatic N) is 1. The van der Waals surface area contributed by atoms with E-state index in [0.29, 0.717) is 18.7 Å². The number of carbonyl (C=O) groups is 1. The normalized spacial score (nSPS) is 11.5. The van der Waals surface area contributed by atoms with Crippen LogP contribution in [0.1, 0.15) is 55.1 Å². The average Bonchev–Trinajstić information content (AvgIpc) is 2.85. The second-order valence-corrected chi connectivity index (χ2v) is 8.81. The molecule has 2 aromatic carbocycles. The molecule has 6 heteroatoms. The predicted molar refractivity (Wildman–Crippen MR) is 150 cm³/mol. The number of carbonyl (C=O) groups excluding carboxylic acids is 1. The first-order valence-electron chi connectivity index (χ1n) is 12.5. The number of hydrogen-bond acceptors (Lipinski definition) is 5. The van der Waals surface area contributed by atoms with E-state index >= 15 is 0 Å². The number of nitrogens with one attached hydrogen (secondary N) is 1. The molecule has 0 aromatic heterocycles. The summed E-state index contributed by atoms with van der Waals surface area (Å²) < 4.78 is 12.1. The van der Waals surface area contributed by atoms with Crippen molar-refractivity contribution in [3.05, 3.63) is 70.6 Å². The lowest BCUT2D eigenvalue weighted by molar-refractivity contribution is 0.0500. The molecule has 2 aliphatic rings. The minimum Gasteiger partial charge on any atom is -0.462 e. The van der Waals surface area contributed by atoms with Crippen LogP contribution in [0.5, 0.6) is 0 Å². The maximum atomic E-state index is 13.1. The molecular formula is C30H35ClN2O3. The highest BCUT2D eigenvalue weighted by Crippen LogP contribution is 2.43. The summed E-state index contributed by atoms with van der Waals surface area (Å²) in [4.78, 5) is 17.8. The zero-order valence-electron chi connectivity index (χ0n) is 21.7. The molecule has 0 bridgehead atoms. The van der Waals surface area contributed by atoms with Gasteiger partial charge >= 0.3 is 5.97 Å². The number of hydrogen-bond donors (Lipinski definition) is 1. The summed E-state index contributed by atoms with van der Waals surface area (Å²) in [6.45, 7) is 12.3. The van der Waals surface area contributed by atoms with Crippen LogP contribution in [0, 0.1) is 13.8 Å². The van der Waals surface area contributed by atoms with Crippen LogP contribution in [0.4, 0.5) is 5.69 Å². The van der Waals surface area contributed by atoms with Crippen molar-refractivity contribution < 1.29 is 13.9 Å². The Balaban J connectivity index is 0.00000361. The van der Waals surface area contributed by atoms with E-state index in [1.165, 1.54) is 0 Å². The third-order valence-corrected chi connectivity index (χ3v) is 6.23. The van der Waals surface area contributed by atoms with Gasteiger partial charge in [0.25, 0.3) is 0 Å². The smallest absolute Gasteiger partial charge is 0.338 e. The fourth-order valence-corrected chi connectivity index (χ4v) is 4.47. The summed E-state index contributed by atoms with van der Waals surface area (Å²) in [7, 11) is 0. The lowest BCUT2D eigenvalue weighted by atomic mass is 9.89. The Bertz CT molecular complexity index is 1410. The van der Waals surface area contributed by atoms with E-state index in [1.54, 1.807) is 0 Å². The van der Waals surface area contributed by atoms with Crippen molar-refractivity contribution in [2.75, 3.05) is 25.0 Å². The third kappa shape index (κ3) is 5.41. The van der Waals surface area contributed by atoms with E-state index in [9.17, 15) is 4.79 Å². The Kier molecular flexibility index (Phi) is 9.16. The van der Waals surface area contributed by atoms with Crippen LogP contribution in [0.3, 0.4) is 0 Å². The third-order valence-electron chi connectivity index (χ3n) is 6.23. The van der Waals surface area contributed by atoms with Gasteiger partial charge in [-0.15, -0.1) is 12.4 Å². The minimum absolute atomic E-state index is 0. The molecule has 0 amide bonds. The Labute approximate surface area is 219 Å². The molecule has 1 N–H and O–H groups in total. The van der Waals surface area contributed by atoms with Crippen molar-refractivity contribution in [3.63, 3.8) is 0 Å². The molecule has 1 aliphatic carbocycles. The lowest BCUT2D eigenvalue weighted by Gasteiger charge is -2.19. The monoisotopic (exact) mass is 506 g/mol. The van der Waals surface area contributed by atoms with Crippen LogP contribution < -0.4 is 10.7 Å². The van der Waals surface area contributed by atoms with Gasteiger partial charge in [-0.3, -0.25) is 4.99 Å². The van der Waals surface area contributed by atoms with Gasteiger partial charge in [0.2, 0.25) is 0 Å². The van der Waals surface area contributed by atoms with Gasteiger partial charge in [-0.05, 0) is 69.0 Å². The van der Waals surface area contributed by atoms with Gasteiger partial charge in [0.1, 0.15) is 11.3 Å². The molecular weight excluding hydrogens is 472 g/mol. The van der Waals surface area contributed by atoms with Crippen LogP contribution in [-0.2, 0) is 4.74 Å². The van der Waals surface area contributed by atoms with Crippen LogP contribution in [0.15, 0.2) is 57.9 Å². The molecule has 0 spiro atoms. The molecule has 0 saturated carbocycles. The van der Waals surface area contributed by atoms with Gasteiger partial charge in [0.05, 0.1) is 17.5 Å². The van der Waals surface area contributed by atoms with E-state index < -0.39 is 0 Å². The first-order chi connectivity index (χ1) is 17.0. The Morgan fingerprint density at radius 1 is 1.00 bits per heavy atom. The fourth-order valence-electron chi connectivity index (χ4n) is 4.47. The van der Waals surface area contributed by atoms with Gasteiger partial charge in [0, 0.05) is 47.4 Å². The number of rotatable bonds is 8. The number of aryl methyl sites for hydroxylation is 2. The highest BCUT2D eigenvalue weighted by Gasteiger charge is 2.23. The minimum atomic E-state index is -0.300. The average molecular weight is 507 g/mol. The fraction of sp³-hybridized carbons (Fsp3) is 0.333. The van der Waals surface area contributed by atoms with Crippen molar-refractivity contribution in [2.24, 2.45) is 4.99 Å². The summed E-state index contributed by atoms with van der Waals surface area (Å²) >= 11 is 0. The Morgan fingerprint density at radius 2 is 1.78 bits per heavy atom. The number of ether oxygens (including phenoxy) is 1. The summed E-state index contributed by atoms with van der Waals surface area (Å²) in [5, 5.41) is 5.30. The summed E-state index contributed by atoms with van der Waals surface area (Å²) in [6, 6.07) is 16.0. The second-order valence-electron chi connectivity index (χ2n) is 8.81. The van der Waals surface area contributed by atoms with E-state index in [0.717, 1.165) is 75.0 Å². The number of unbranched alkanes of at least 4 members (excludes halogenated alkanes) is 1. The van der Waals surface area contributed by atoms with Gasteiger partial charge in [0.15, 0.2) is 0 Å². The molecule has 0 unspecified atom stereocenters. The van der Waals surface area contributed by atoms with Crippen LogP contribution in [-0.4, -0.2) is 25.7 Å². The zero-order valence-corrected chi connectivity index (χ0v) is 22.6. The Morgan fingerprint density at radius 3 is 2.50 bits per heavy atom. The molecule has 190 valence electrons. The van der Waals surface area contributed by atoms with Crippen LogP contribution in [0.2, 0.25) is 0 Å². The lowest BCUT2D eigenvalue weighted by Crippen LogP contribution is -2.11. The highest BCUT2D eigenvalue weighted by molar-refractivity contribution is 6.08. The van der Waals surface area contributed by atoms with Crippen molar-refractivity contribution in [1.82, 2.24) is 0 Å². The zero-order chi connectivity index (χ0) is 24.9. The first kappa shape index (κ1) is 27.3. The molecule has 5 nitrogen and oxygen atoms in total. The molecule has 0 atom stereocenters. The van der Waals surface area contributed by atoms with E-state index in [-0.39, 0.29) is 18.4 Å². The van der Waals surface area contributed by atoms with Gasteiger partial charge in [-0.1, -0.05) is 31.5 Å². The summed E-state index contributed by atoms with van der Waals surface area (Å²) in [5.74, 6) is 0.442. The largest absolute Gasteiger partial charge is 0.462 e. The molecule has 0 radical (unpaired) electrons. The highest BCUT2D eigenvalue weighted by atomic mass is 35.5. The van der Waals surface area contributed by atoms with Crippen molar-refractivity contribution in [3.8, 4) is 22.5 Å². The van der Waals surface area contributed by atoms with Crippen LogP contribution >= 0.6 is 12.4 Å². The summed E-state index contributed by atoms with van der Waals surface area (Å²) in [5.41, 5.74) is 7.31. The number of halogens is 1. The van der Waals surface area contributed by atoms with Gasteiger partial charge in [-0.2, -0.15) is 0 Å². The van der Waals surface area contributed by atoms with Crippen LogP contribution in [0.25, 0.3) is 33.4 Å². The molecule has 4 rings (SSSR count). The van der Waals surface area contributed by atoms with Gasteiger partial charge < -0.3 is 14.5 Å². The SMILES string of the molecule is CCCCOC(=O)c1ccccc1-c1c2cc(C)c(=NCC)cc-2oc2cc(NCC)c(C)cc12.Cl. The van der Waals surface area contributed by atoms with Crippen molar-refractivity contribution >= 4 is 35.0 Å². The number of benzene rings is 3. The van der Waals surface area contributed by atoms with Crippen molar-refractivity contribution in [2.45, 2.75) is 47.5 Å². The standard InChI is InChI=1S/C30H34N2O3.ClH/c1-6-9-14-34-30(33)22-13-11-10-12-21(22)29-23-15-19(4)25(31-7-2)17-27(23)35-28-18-26(32-8-3)20(5)16-24(28)29;/h10-13,15-18,31H,6-9,14H2,1-5H3;1H. The van der Waals surface area contributed by atoms with Crippen molar-refractivity contribution in [1.29, 1.82) is 0 Å². The molecule has 0 fully saturated rings. The first-order valence-corrected chi connectivity index (χ1v) is 12.5. The van der Waals surface area contributed by atoms with E-state index in [4.69, 9.17) is 9.15 Å². The predicted octanol–water partition coefficient (Wildman–Crippen LogP) is 7.55. The quantitative estimate of drug-likeness (QED) is 0.152. The summed E-state index contributed by atoms with van der Waals surface area (Å²) in [6.07, 6.45) is 1.82. The molecule has 0 saturated heterocycles. The number of fused-ring (bicyclic) bond motifs is 2. The molecule has 1 heterocycles. The molecule has 2 aromatic rings. The molecule has 36 heavy (non-hydrogen) atoms.